The van der Waals surface area contributed by atoms with Gasteiger partial charge in [0.2, 0.25) is 23.7 Å². The van der Waals surface area contributed by atoms with Crippen LogP contribution >= 0.6 is 11.3 Å². The van der Waals surface area contributed by atoms with Crippen molar-refractivity contribution in [3.8, 4) is 27.4 Å². The summed E-state index contributed by atoms with van der Waals surface area (Å²) in [6.07, 6.45) is 9.19. The summed E-state index contributed by atoms with van der Waals surface area (Å²) >= 11 is 1.59. The number of anilines is 3. The number of nitrogens with two attached hydrogens (primary N) is 1. The van der Waals surface area contributed by atoms with Crippen LogP contribution in [0.25, 0.3) is 21.7 Å². The summed E-state index contributed by atoms with van der Waals surface area (Å²) in [7, 11) is 0. The number of nitrogen functional groups attached to an aromatic ring is 1. The van der Waals surface area contributed by atoms with E-state index >= 15 is 0 Å². The number of β-amino-alcohol motifs (C(OH)–C–C–N with tert-alkyl or cyclic N) is 1. The molecule has 3 amide bonds. The van der Waals surface area contributed by atoms with Gasteiger partial charge in [0.1, 0.15) is 17.8 Å². The predicted molar refractivity (Wildman–Crippen MR) is 258 cm³/mol. The quantitative estimate of drug-likeness (QED) is 0.102. The van der Waals surface area contributed by atoms with Gasteiger partial charge in [0, 0.05) is 68.6 Å². The van der Waals surface area contributed by atoms with Crippen molar-refractivity contribution in [2.24, 2.45) is 17.3 Å². The van der Waals surface area contributed by atoms with Gasteiger partial charge in [-0.2, -0.15) is 0 Å². The Morgan fingerprint density at radius 3 is 2.24 bits per heavy atom. The first-order chi connectivity index (χ1) is 32.2. The van der Waals surface area contributed by atoms with E-state index < -0.39 is 23.6 Å². The topological polar surface area (TPSA) is 216 Å². The minimum atomic E-state index is -0.872. The SMILES string of the molecule is Cc1ncsc1-c1ccc(CNC(=O)[C@@H]2C[C@@H](O)CN2C(=O)[C@@H](NC(=O)C2CCC(Cc3cnc(N4C5CCC4CN(c4cc(-c6ccccc6O)nnc4N)C5)nc3)CC2)C(C)(C)C)cc1. The number of carbonyl (C=O) groups is 3. The van der Waals surface area contributed by atoms with Gasteiger partial charge in [-0.15, -0.1) is 21.5 Å². The molecule has 16 nitrogen and oxygen atoms in total. The number of aliphatic hydroxyl groups excluding tert-OH is 1. The Morgan fingerprint density at radius 1 is 0.881 bits per heavy atom. The third-order valence-corrected chi connectivity index (χ3v) is 15.1. The number of amides is 3. The zero-order chi connectivity index (χ0) is 47.0. The van der Waals surface area contributed by atoms with E-state index in [9.17, 15) is 24.6 Å². The van der Waals surface area contributed by atoms with Crippen molar-refractivity contribution in [3.05, 3.63) is 89.3 Å². The summed E-state index contributed by atoms with van der Waals surface area (Å²) in [5, 5.41) is 35.7. The number of hydrogen-bond donors (Lipinski definition) is 5. The normalized spacial score (nSPS) is 23.3. The van der Waals surface area contributed by atoms with Crippen LogP contribution in [0.15, 0.2) is 72.5 Å². The standard InChI is InChI=1S/C50H61N11O5S/c1-29-43(67-28-55-29)33-13-11-31(12-14-33)22-52-47(65)41-20-37(62)27-60(41)48(66)44(50(2,3)4)56-46(64)34-15-9-30(10-16-34)19-32-23-53-49(54-24-32)61-35-17-18-36(61)26-59(25-35)40-21-39(57-58-45(40)51)38-7-5-6-8-42(38)63/h5-8,11-14,21,23-24,28,30,34-37,41,44,62-63H,9-10,15-20,22,25-27H2,1-4H3,(H2,51,58)(H,52,65)(H,56,64)/t30?,34?,35?,36?,37-,41+,44-/m1/s1. The van der Waals surface area contributed by atoms with Crippen molar-refractivity contribution in [3.63, 3.8) is 0 Å². The number of phenolic OH excluding ortho intramolecular Hbond substituents is 1. The van der Waals surface area contributed by atoms with Gasteiger partial charge in [0.25, 0.3) is 0 Å². The fraction of sp³-hybridized carbons (Fsp3) is 0.480. The van der Waals surface area contributed by atoms with Crippen molar-refractivity contribution < 1.29 is 24.6 Å². The van der Waals surface area contributed by atoms with Crippen LogP contribution < -0.4 is 26.2 Å². The average molecular weight is 928 g/mol. The van der Waals surface area contributed by atoms with E-state index in [0.29, 0.717) is 35.8 Å². The maximum absolute atomic E-state index is 14.3. The van der Waals surface area contributed by atoms with Crippen LogP contribution in [0.1, 0.15) is 82.5 Å². The lowest BCUT2D eigenvalue weighted by Gasteiger charge is -2.42. The highest BCUT2D eigenvalue weighted by molar-refractivity contribution is 7.13. The molecule has 3 aliphatic heterocycles. The molecule has 4 fully saturated rings. The lowest BCUT2D eigenvalue weighted by atomic mass is 9.78. The van der Waals surface area contributed by atoms with Crippen LogP contribution in [0.5, 0.6) is 5.75 Å². The number of likely N-dealkylation sites (tertiary alicyclic amines) is 1. The predicted octanol–water partition coefficient (Wildman–Crippen LogP) is 5.67. The van der Waals surface area contributed by atoms with Crippen LogP contribution in [-0.4, -0.2) is 108 Å². The molecule has 9 rings (SSSR count). The molecule has 6 heterocycles. The van der Waals surface area contributed by atoms with Crippen LogP contribution in [0.2, 0.25) is 0 Å². The Balaban J connectivity index is 0.760. The number of hydrogen-bond acceptors (Lipinski definition) is 14. The van der Waals surface area contributed by atoms with Gasteiger partial charge < -0.3 is 41.3 Å². The highest BCUT2D eigenvalue weighted by Crippen LogP contribution is 2.39. The van der Waals surface area contributed by atoms with Gasteiger partial charge in [-0.05, 0) is 98.1 Å². The number of aliphatic hydroxyl groups is 1. The van der Waals surface area contributed by atoms with Gasteiger partial charge >= 0.3 is 0 Å². The summed E-state index contributed by atoms with van der Waals surface area (Å²) in [5.74, 6) is 0.549. The molecule has 2 unspecified atom stereocenters. The number of thiazole rings is 1. The van der Waals surface area contributed by atoms with Crippen molar-refractivity contribution in [2.45, 2.75) is 116 Å². The smallest absolute Gasteiger partial charge is 0.246 e. The molecule has 0 radical (unpaired) electrons. The number of aromatic nitrogens is 5. The number of phenols is 1. The number of aromatic hydroxyl groups is 1. The maximum Gasteiger partial charge on any atom is 0.246 e. The molecule has 2 bridgehead atoms. The van der Waals surface area contributed by atoms with Crippen LogP contribution in [0.3, 0.4) is 0 Å². The fourth-order valence-electron chi connectivity index (χ4n) is 10.5. The van der Waals surface area contributed by atoms with E-state index in [4.69, 9.17) is 15.7 Å². The Morgan fingerprint density at radius 2 is 1.58 bits per heavy atom. The zero-order valence-corrected chi connectivity index (χ0v) is 39.5. The first-order valence-corrected chi connectivity index (χ1v) is 24.4. The number of rotatable bonds is 12. The highest BCUT2D eigenvalue weighted by atomic mass is 32.1. The molecular formula is C50H61N11O5S. The molecule has 2 aromatic carbocycles. The molecule has 5 atom stereocenters. The third kappa shape index (κ3) is 9.94. The van der Waals surface area contributed by atoms with E-state index in [0.717, 1.165) is 84.1 Å². The number of piperazine rings is 1. The number of nitrogens with one attached hydrogen (secondary N) is 2. The highest BCUT2D eigenvalue weighted by Gasteiger charge is 2.46. The van der Waals surface area contributed by atoms with E-state index in [2.05, 4.69) is 35.6 Å². The number of aryl methyl sites for hydroxylation is 1. The Labute approximate surface area is 395 Å². The number of benzene rings is 2. The molecule has 3 aromatic heterocycles. The summed E-state index contributed by atoms with van der Waals surface area (Å²) in [5.41, 5.74) is 13.6. The molecule has 67 heavy (non-hydrogen) atoms. The van der Waals surface area contributed by atoms with E-state index in [-0.39, 0.29) is 61.0 Å². The second-order valence-electron chi connectivity index (χ2n) is 19.9. The molecule has 0 spiro atoms. The van der Waals surface area contributed by atoms with Crippen molar-refractivity contribution >= 4 is 46.5 Å². The Bertz CT molecular complexity index is 2560. The fourth-order valence-corrected chi connectivity index (χ4v) is 11.3. The van der Waals surface area contributed by atoms with E-state index in [1.165, 1.54) is 4.90 Å². The number of carbonyl (C=O) groups excluding carboxylic acids is 3. The minimum absolute atomic E-state index is 0.0271. The number of para-hydroxylation sites is 1. The second-order valence-corrected chi connectivity index (χ2v) is 20.8. The molecule has 17 heteroatoms. The van der Waals surface area contributed by atoms with Gasteiger partial charge in [0.05, 0.1) is 33.6 Å². The third-order valence-electron chi connectivity index (χ3n) is 14.2. The molecule has 352 valence electrons. The van der Waals surface area contributed by atoms with E-state index in [1.807, 2.05) is 88.1 Å². The van der Waals surface area contributed by atoms with Crippen LogP contribution in [0, 0.1) is 24.2 Å². The maximum atomic E-state index is 14.3. The van der Waals surface area contributed by atoms with Gasteiger partial charge in [-0.1, -0.05) is 57.2 Å². The summed E-state index contributed by atoms with van der Waals surface area (Å²) in [6, 6.07) is 15.7. The molecule has 1 saturated carbocycles. The van der Waals surface area contributed by atoms with Crippen molar-refractivity contribution in [1.82, 2.24) is 40.7 Å². The Kier molecular flexibility index (Phi) is 13.2. The summed E-state index contributed by atoms with van der Waals surface area (Å²) in [6.45, 7) is 9.50. The minimum Gasteiger partial charge on any atom is -0.507 e. The molecular weight excluding hydrogens is 867 g/mol. The molecule has 3 saturated heterocycles. The average Bonchev–Trinajstić information content (AvgIpc) is 4.01. The first kappa shape index (κ1) is 45.9. The van der Waals surface area contributed by atoms with Gasteiger partial charge in [0.15, 0.2) is 5.82 Å². The van der Waals surface area contributed by atoms with Gasteiger partial charge in [-0.25, -0.2) is 15.0 Å². The van der Waals surface area contributed by atoms with E-state index in [1.54, 1.807) is 23.5 Å². The van der Waals surface area contributed by atoms with Crippen molar-refractivity contribution in [2.75, 3.05) is 35.2 Å². The van der Waals surface area contributed by atoms with Crippen LogP contribution in [-0.2, 0) is 27.3 Å². The molecule has 5 aromatic rings. The lowest BCUT2D eigenvalue weighted by Crippen LogP contribution is -2.58. The summed E-state index contributed by atoms with van der Waals surface area (Å²) in [4.78, 5) is 63.0. The lowest BCUT2D eigenvalue weighted by molar-refractivity contribution is -0.144. The molecule has 1 aliphatic carbocycles. The largest absolute Gasteiger partial charge is 0.507 e. The van der Waals surface area contributed by atoms with Gasteiger partial charge in [-0.3, -0.25) is 14.4 Å². The van der Waals surface area contributed by atoms with Crippen LogP contribution in [0.4, 0.5) is 17.5 Å². The monoisotopic (exact) mass is 927 g/mol. The molecule has 4 aliphatic rings. The van der Waals surface area contributed by atoms with Crippen molar-refractivity contribution in [1.29, 1.82) is 0 Å². The summed E-state index contributed by atoms with van der Waals surface area (Å²) < 4.78 is 0. The molecule has 6 N–H and O–H groups in total. The Hall–Kier alpha value is -6.20. The number of nitrogens with zero attached hydrogens (tertiary/aromatic N) is 8. The number of fused-ring (bicyclic) bond motifs is 2. The second kappa shape index (κ2) is 19.2. The zero-order valence-electron chi connectivity index (χ0n) is 38.6. The first-order valence-electron chi connectivity index (χ1n) is 23.5.